The van der Waals surface area contributed by atoms with Crippen molar-refractivity contribution in [3.8, 4) is 12.0 Å². The standard InChI is InChI=1S/C26H18N4O7/c1-34-23(31)15-5-3-13(4-6-15)11-18-25(33)36-21-17(12-27)19(20-22(30(18)21)37-26(28)29-20)14-7-9-16(10-8-14)24(32)35-2/h3-11,19H,1-2H3,(H2,28,29)/b18-11+/t19-/m1/s1. The van der Waals surface area contributed by atoms with E-state index in [4.69, 9.17) is 24.0 Å². The van der Waals surface area contributed by atoms with E-state index in [1.54, 1.807) is 48.5 Å². The van der Waals surface area contributed by atoms with E-state index in [0.29, 0.717) is 27.9 Å². The van der Waals surface area contributed by atoms with Gasteiger partial charge in [-0.3, -0.25) is 0 Å². The van der Waals surface area contributed by atoms with Crippen LogP contribution in [0.2, 0.25) is 0 Å². The fourth-order valence-electron chi connectivity index (χ4n) is 4.19. The monoisotopic (exact) mass is 498 g/mol. The Balaban J connectivity index is 1.73. The number of methoxy groups -OCH3 is 2. The zero-order valence-electron chi connectivity index (χ0n) is 19.6. The summed E-state index contributed by atoms with van der Waals surface area (Å²) in [7, 11) is 2.56. The predicted octanol–water partition coefficient (Wildman–Crippen LogP) is 1.22. The SMILES string of the molecule is COC(=O)c1ccc(/C=c2\c(=O)oc3n2-c2oc(N)nc2[C@H](c2ccc(C(=O)OC)cc2)C=3C#N)cc1. The average Bonchev–Trinajstić information content (AvgIpc) is 3.46. The van der Waals surface area contributed by atoms with Gasteiger partial charge in [0.15, 0.2) is 0 Å². The Morgan fingerprint density at radius 1 is 1.03 bits per heavy atom. The van der Waals surface area contributed by atoms with Gasteiger partial charge in [-0.1, -0.05) is 24.3 Å². The molecule has 0 bridgehead atoms. The largest absolute Gasteiger partial charge is 0.465 e. The van der Waals surface area contributed by atoms with Crippen molar-refractivity contribution in [1.29, 1.82) is 5.26 Å². The number of nitrogen functional groups attached to an aromatic ring is 1. The fourth-order valence-corrected chi connectivity index (χ4v) is 4.19. The third-order valence-electron chi connectivity index (χ3n) is 5.91. The molecule has 2 aromatic carbocycles. The van der Waals surface area contributed by atoms with Gasteiger partial charge in [-0.05, 0) is 41.5 Å². The third-order valence-corrected chi connectivity index (χ3v) is 5.91. The third kappa shape index (κ3) is 3.86. The molecule has 37 heavy (non-hydrogen) atoms. The van der Waals surface area contributed by atoms with Crippen LogP contribution in [0.3, 0.4) is 0 Å². The zero-order valence-corrected chi connectivity index (χ0v) is 19.6. The van der Waals surface area contributed by atoms with Crippen LogP contribution in [0.5, 0.6) is 0 Å². The van der Waals surface area contributed by atoms with E-state index in [0.717, 1.165) is 0 Å². The minimum absolute atomic E-state index is 0.0318. The van der Waals surface area contributed by atoms with Gasteiger partial charge in [0.2, 0.25) is 11.4 Å². The Morgan fingerprint density at radius 3 is 2.19 bits per heavy atom. The summed E-state index contributed by atoms with van der Waals surface area (Å²) in [5.74, 6) is -1.65. The first kappa shape index (κ1) is 23.4. The number of esters is 2. The number of nitrogens with zero attached hydrogens (tertiary/aromatic N) is 3. The number of aromatic nitrogens is 2. The van der Waals surface area contributed by atoms with Crippen molar-refractivity contribution in [2.45, 2.75) is 5.92 Å². The number of ether oxygens (including phenoxy) is 2. The first-order chi connectivity index (χ1) is 17.9. The van der Waals surface area contributed by atoms with Crippen LogP contribution >= 0.6 is 0 Å². The molecular weight excluding hydrogens is 480 g/mol. The molecule has 3 heterocycles. The van der Waals surface area contributed by atoms with E-state index in [2.05, 4.69) is 11.1 Å². The lowest BCUT2D eigenvalue weighted by molar-refractivity contribution is 0.0592. The van der Waals surface area contributed by atoms with Crippen LogP contribution in [-0.2, 0) is 9.47 Å². The van der Waals surface area contributed by atoms with E-state index in [1.165, 1.54) is 24.9 Å². The maximum absolute atomic E-state index is 12.9. The van der Waals surface area contributed by atoms with E-state index in [1.807, 2.05) is 0 Å². The van der Waals surface area contributed by atoms with Crippen molar-refractivity contribution in [2.75, 3.05) is 20.0 Å². The molecule has 1 atom stereocenters. The summed E-state index contributed by atoms with van der Waals surface area (Å²) in [5, 5.41) is 10.2. The minimum atomic E-state index is -0.773. The van der Waals surface area contributed by atoms with E-state index >= 15 is 0 Å². The molecule has 0 aliphatic carbocycles. The number of hydrogen-bond acceptors (Lipinski definition) is 10. The van der Waals surface area contributed by atoms with Crippen LogP contribution in [0.1, 0.15) is 43.5 Å². The second-order valence-corrected chi connectivity index (χ2v) is 7.99. The number of rotatable bonds is 4. The normalized spacial score (nSPS) is 14.5. The van der Waals surface area contributed by atoms with Crippen molar-refractivity contribution < 1.29 is 27.9 Å². The Hall–Kier alpha value is -5.37. The number of nitriles is 1. The number of carbonyl (C=O) groups excluding carboxylic acids is 2. The molecule has 2 N–H and O–H groups in total. The number of nitrogens with two attached hydrogens (primary N) is 1. The van der Waals surface area contributed by atoms with Gasteiger partial charge in [0.1, 0.15) is 22.7 Å². The van der Waals surface area contributed by atoms with Gasteiger partial charge >= 0.3 is 17.6 Å². The maximum atomic E-state index is 12.9. The number of fused-ring (bicyclic) bond motifs is 3. The van der Waals surface area contributed by atoms with Gasteiger partial charge in [-0.25, -0.2) is 19.0 Å². The average molecular weight is 498 g/mol. The van der Waals surface area contributed by atoms with Crippen molar-refractivity contribution in [2.24, 2.45) is 0 Å². The number of carbonyl (C=O) groups is 2. The second kappa shape index (κ2) is 9.01. The van der Waals surface area contributed by atoms with Crippen LogP contribution in [0.25, 0.3) is 17.5 Å². The van der Waals surface area contributed by atoms with Crippen molar-refractivity contribution in [3.63, 3.8) is 0 Å². The van der Waals surface area contributed by atoms with Crippen molar-refractivity contribution in [3.05, 3.63) is 97.8 Å². The summed E-state index contributed by atoms with van der Waals surface area (Å²) in [6, 6.07) is 14.7. The number of hydrogen-bond donors (Lipinski definition) is 1. The molecule has 4 aromatic rings. The highest BCUT2D eigenvalue weighted by Crippen LogP contribution is 2.37. The molecule has 0 radical (unpaired) electrons. The van der Waals surface area contributed by atoms with Crippen LogP contribution in [-0.4, -0.2) is 35.7 Å². The molecule has 5 rings (SSSR count). The highest BCUT2D eigenvalue weighted by Gasteiger charge is 2.36. The highest BCUT2D eigenvalue weighted by atomic mass is 16.5. The summed E-state index contributed by atoms with van der Waals surface area (Å²) >= 11 is 0. The van der Waals surface area contributed by atoms with Gasteiger partial charge in [-0.2, -0.15) is 10.2 Å². The molecule has 0 saturated carbocycles. The van der Waals surface area contributed by atoms with E-state index in [9.17, 15) is 19.6 Å². The van der Waals surface area contributed by atoms with Crippen molar-refractivity contribution >= 4 is 29.6 Å². The topological polar surface area (TPSA) is 164 Å². The molecule has 0 amide bonds. The first-order valence-electron chi connectivity index (χ1n) is 10.9. The summed E-state index contributed by atoms with van der Waals surface area (Å²) in [5.41, 5.74) is 7.37. The van der Waals surface area contributed by atoms with Gasteiger partial charge < -0.3 is 24.0 Å². The van der Waals surface area contributed by atoms with Crippen LogP contribution < -0.4 is 22.3 Å². The summed E-state index contributed by atoms with van der Waals surface area (Å²) in [6.45, 7) is 0. The minimum Gasteiger partial charge on any atom is -0.465 e. The summed E-state index contributed by atoms with van der Waals surface area (Å²) in [4.78, 5) is 40.8. The predicted molar refractivity (Wildman–Crippen MR) is 128 cm³/mol. The molecule has 0 fully saturated rings. The Kier molecular flexibility index (Phi) is 5.69. The Morgan fingerprint density at radius 2 is 1.62 bits per heavy atom. The highest BCUT2D eigenvalue weighted by molar-refractivity contribution is 5.90. The molecule has 1 aliphatic rings. The fraction of sp³-hybridized carbons (Fsp3) is 0.115. The number of anilines is 1. The summed E-state index contributed by atoms with van der Waals surface area (Å²) < 4.78 is 22.0. The molecule has 184 valence electrons. The second-order valence-electron chi connectivity index (χ2n) is 7.99. The van der Waals surface area contributed by atoms with Gasteiger partial charge in [-0.15, -0.1) is 0 Å². The molecule has 11 nitrogen and oxygen atoms in total. The zero-order chi connectivity index (χ0) is 26.3. The molecule has 11 heteroatoms. The lowest BCUT2D eigenvalue weighted by Crippen LogP contribution is -2.35. The van der Waals surface area contributed by atoms with Crippen molar-refractivity contribution in [1.82, 2.24) is 9.55 Å². The van der Waals surface area contributed by atoms with Gasteiger partial charge in [0.05, 0.1) is 31.3 Å². The van der Waals surface area contributed by atoms with E-state index in [-0.39, 0.29) is 28.4 Å². The lowest BCUT2D eigenvalue weighted by atomic mass is 9.87. The van der Waals surface area contributed by atoms with Gasteiger partial charge in [0.25, 0.3) is 6.01 Å². The molecule has 0 saturated heterocycles. The molecular formula is C26H18N4O7. The van der Waals surface area contributed by atoms with E-state index < -0.39 is 23.5 Å². The first-order valence-corrected chi connectivity index (χ1v) is 10.9. The maximum Gasteiger partial charge on any atom is 0.362 e. The summed E-state index contributed by atoms with van der Waals surface area (Å²) in [6.07, 6.45) is 1.53. The quantitative estimate of drug-likeness (QED) is 0.405. The van der Waals surface area contributed by atoms with Crippen LogP contribution in [0, 0.1) is 11.3 Å². The van der Waals surface area contributed by atoms with Crippen LogP contribution in [0.15, 0.2) is 62.2 Å². The van der Waals surface area contributed by atoms with Gasteiger partial charge in [0, 0.05) is 0 Å². The molecule has 1 aliphatic heterocycles. The Bertz CT molecular complexity index is 1770. The molecule has 0 unspecified atom stereocenters. The molecule has 0 spiro atoms. The lowest BCUT2D eigenvalue weighted by Gasteiger charge is -2.19. The number of oxazole rings is 2. The molecule has 2 aromatic heterocycles. The number of benzene rings is 2. The smallest absolute Gasteiger partial charge is 0.362 e. The van der Waals surface area contributed by atoms with Crippen LogP contribution in [0.4, 0.5) is 6.01 Å². The Labute approximate surface area is 208 Å².